The van der Waals surface area contributed by atoms with Gasteiger partial charge in [-0.05, 0) is 60.2 Å². The van der Waals surface area contributed by atoms with Crippen molar-refractivity contribution in [3.05, 3.63) is 117 Å². The molecule has 3 N–H and O–H groups in total. The second-order valence-corrected chi connectivity index (χ2v) is 8.52. The first-order chi connectivity index (χ1) is 17.0. The molecule has 0 bridgehead atoms. The maximum absolute atomic E-state index is 13.1. The van der Waals surface area contributed by atoms with E-state index < -0.39 is 0 Å². The fraction of sp³-hybridized carbons (Fsp3) is 0.0357. The minimum atomic E-state index is -0.253. The van der Waals surface area contributed by atoms with E-state index in [1.807, 2.05) is 60.7 Å². The lowest BCUT2D eigenvalue weighted by molar-refractivity contribution is 0.102. The molecule has 5 aromatic rings. The Labute approximate surface area is 206 Å². The molecule has 5 rings (SSSR count). The Bertz CT molecular complexity index is 1610. The van der Waals surface area contributed by atoms with Crippen molar-refractivity contribution in [1.82, 2.24) is 9.97 Å². The lowest BCUT2D eigenvalue weighted by Crippen LogP contribution is -2.15. The van der Waals surface area contributed by atoms with E-state index in [-0.39, 0.29) is 11.5 Å². The predicted octanol–water partition coefficient (Wildman–Crippen LogP) is 6.55. The molecule has 1 heterocycles. The monoisotopic (exact) mass is 480 g/mol. The van der Waals surface area contributed by atoms with Gasteiger partial charge in [0.05, 0.1) is 5.69 Å². The maximum atomic E-state index is 13.1. The fourth-order valence-electron chi connectivity index (χ4n) is 3.91. The van der Waals surface area contributed by atoms with Crippen LogP contribution in [-0.4, -0.2) is 15.9 Å². The molecule has 0 saturated carbocycles. The van der Waals surface area contributed by atoms with Gasteiger partial charge >= 0.3 is 0 Å². The van der Waals surface area contributed by atoms with Crippen molar-refractivity contribution in [2.75, 3.05) is 10.6 Å². The number of amides is 1. The Balaban J connectivity index is 1.45. The molecule has 4 aromatic carbocycles. The Kier molecular flexibility index (Phi) is 6.04. The van der Waals surface area contributed by atoms with Gasteiger partial charge in [0.25, 0.3) is 11.5 Å². The van der Waals surface area contributed by atoms with Crippen LogP contribution in [0.1, 0.15) is 15.9 Å². The number of benzene rings is 4. The van der Waals surface area contributed by atoms with Gasteiger partial charge in [-0.3, -0.25) is 14.6 Å². The lowest BCUT2D eigenvalue weighted by Gasteiger charge is -2.12. The normalized spacial score (nSPS) is 10.8. The van der Waals surface area contributed by atoms with Crippen LogP contribution < -0.4 is 16.2 Å². The molecule has 6 nitrogen and oxygen atoms in total. The number of carbonyl (C=O) groups is 1. The Morgan fingerprint density at radius 2 is 1.63 bits per heavy atom. The maximum Gasteiger partial charge on any atom is 0.256 e. The average Bonchev–Trinajstić information content (AvgIpc) is 2.87. The van der Waals surface area contributed by atoms with Crippen LogP contribution in [0.2, 0.25) is 5.02 Å². The minimum Gasteiger partial charge on any atom is -0.326 e. The highest BCUT2D eigenvalue weighted by Crippen LogP contribution is 2.26. The predicted molar refractivity (Wildman–Crippen MR) is 142 cm³/mol. The first kappa shape index (κ1) is 22.4. The van der Waals surface area contributed by atoms with Crippen LogP contribution in [0.4, 0.5) is 17.3 Å². The second-order valence-electron chi connectivity index (χ2n) is 8.08. The van der Waals surface area contributed by atoms with Crippen LogP contribution in [0.3, 0.4) is 0 Å². The first-order valence-corrected chi connectivity index (χ1v) is 11.4. The Hall–Kier alpha value is -4.42. The van der Waals surface area contributed by atoms with Gasteiger partial charge in [0.15, 0.2) is 0 Å². The van der Waals surface area contributed by atoms with Gasteiger partial charge in [-0.25, -0.2) is 4.98 Å². The summed E-state index contributed by atoms with van der Waals surface area (Å²) in [6.45, 7) is 1.72. The van der Waals surface area contributed by atoms with Crippen LogP contribution in [0.25, 0.3) is 22.0 Å². The van der Waals surface area contributed by atoms with E-state index in [2.05, 4.69) is 20.6 Å². The molecular formula is C28H21ClN4O2. The minimum absolute atomic E-state index is 0.209. The largest absolute Gasteiger partial charge is 0.326 e. The number of aromatic amines is 1. The molecule has 7 heteroatoms. The number of anilines is 3. The zero-order valence-corrected chi connectivity index (χ0v) is 19.6. The SMILES string of the molecule is Cc1c(-c2cccc(NC(=O)c3cccc4ccccc34)c2)nc(Nc2ccc(Cl)cc2)[nH]c1=O. The molecular weight excluding hydrogens is 460 g/mol. The van der Waals surface area contributed by atoms with Gasteiger partial charge in [0.2, 0.25) is 5.95 Å². The van der Waals surface area contributed by atoms with E-state index in [4.69, 9.17) is 11.6 Å². The Morgan fingerprint density at radius 1 is 0.886 bits per heavy atom. The molecule has 1 aromatic heterocycles. The van der Waals surface area contributed by atoms with E-state index in [1.165, 1.54) is 0 Å². The third-order valence-electron chi connectivity index (χ3n) is 5.69. The zero-order valence-electron chi connectivity index (χ0n) is 18.8. The molecule has 1 amide bonds. The van der Waals surface area contributed by atoms with Crippen molar-refractivity contribution in [3.63, 3.8) is 0 Å². The number of aromatic nitrogens is 2. The molecule has 0 fully saturated rings. The quantitative estimate of drug-likeness (QED) is 0.266. The topological polar surface area (TPSA) is 86.9 Å². The van der Waals surface area contributed by atoms with Gasteiger partial charge in [0, 0.05) is 33.1 Å². The Morgan fingerprint density at radius 3 is 2.46 bits per heavy atom. The molecule has 0 aliphatic carbocycles. The number of rotatable bonds is 5. The van der Waals surface area contributed by atoms with Crippen molar-refractivity contribution in [2.45, 2.75) is 6.92 Å². The standard InChI is InChI=1S/C28H21ClN4O2/c1-17-25(32-28(33-26(17)34)31-21-14-12-20(29)13-15-21)19-8-4-9-22(16-19)30-27(35)24-11-5-7-18-6-2-3-10-23(18)24/h2-16H,1H3,(H,30,35)(H2,31,32,33,34). The summed E-state index contributed by atoms with van der Waals surface area (Å²) in [7, 11) is 0. The van der Waals surface area contributed by atoms with Crippen molar-refractivity contribution in [3.8, 4) is 11.3 Å². The molecule has 0 radical (unpaired) electrons. The molecule has 0 aliphatic heterocycles. The zero-order chi connectivity index (χ0) is 24.4. The summed E-state index contributed by atoms with van der Waals surface area (Å²) in [5, 5.41) is 8.57. The summed E-state index contributed by atoms with van der Waals surface area (Å²) in [6.07, 6.45) is 0. The highest BCUT2D eigenvalue weighted by molar-refractivity contribution is 6.30. The molecule has 0 atom stereocenters. The smallest absolute Gasteiger partial charge is 0.256 e. The summed E-state index contributed by atoms with van der Waals surface area (Å²) in [4.78, 5) is 33.1. The van der Waals surface area contributed by atoms with Crippen LogP contribution in [0.15, 0.2) is 95.8 Å². The highest BCUT2D eigenvalue weighted by atomic mass is 35.5. The van der Waals surface area contributed by atoms with Crippen molar-refractivity contribution in [1.29, 1.82) is 0 Å². The number of hydrogen-bond acceptors (Lipinski definition) is 4. The summed E-state index contributed by atoms with van der Waals surface area (Å²) in [5.41, 5.74) is 3.39. The first-order valence-electron chi connectivity index (χ1n) is 11.0. The van der Waals surface area contributed by atoms with Crippen LogP contribution in [-0.2, 0) is 0 Å². The van der Waals surface area contributed by atoms with Crippen molar-refractivity contribution in [2.24, 2.45) is 0 Å². The van der Waals surface area contributed by atoms with E-state index in [0.29, 0.717) is 39.0 Å². The molecule has 35 heavy (non-hydrogen) atoms. The van der Waals surface area contributed by atoms with Crippen LogP contribution in [0, 0.1) is 6.92 Å². The number of nitrogens with one attached hydrogen (secondary N) is 3. The molecule has 172 valence electrons. The van der Waals surface area contributed by atoms with Gasteiger partial charge in [-0.15, -0.1) is 0 Å². The number of carbonyl (C=O) groups excluding carboxylic acids is 1. The number of fused-ring (bicyclic) bond motifs is 1. The highest BCUT2D eigenvalue weighted by Gasteiger charge is 2.13. The molecule has 0 spiro atoms. The van der Waals surface area contributed by atoms with E-state index in [1.54, 1.807) is 37.3 Å². The van der Waals surface area contributed by atoms with Crippen molar-refractivity contribution < 1.29 is 4.79 Å². The van der Waals surface area contributed by atoms with Gasteiger partial charge in [-0.2, -0.15) is 0 Å². The van der Waals surface area contributed by atoms with Gasteiger partial charge in [-0.1, -0.05) is 60.1 Å². The van der Waals surface area contributed by atoms with Gasteiger partial charge < -0.3 is 10.6 Å². The third-order valence-corrected chi connectivity index (χ3v) is 5.94. The molecule has 0 unspecified atom stereocenters. The number of halogens is 1. The second kappa shape index (κ2) is 9.44. The summed E-state index contributed by atoms with van der Waals surface area (Å²) < 4.78 is 0. The van der Waals surface area contributed by atoms with E-state index in [9.17, 15) is 9.59 Å². The molecule has 0 saturated heterocycles. The number of H-pyrrole nitrogens is 1. The average molecular weight is 481 g/mol. The van der Waals surface area contributed by atoms with E-state index >= 15 is 0 Å². The number of hydrogen-bond donors (Lipinski definition) is 3. The van der Waals surface area contributed by atoms with E-state index in [0.717, 1.165) is 16.5 Å². The number of nitrogens with zero attached hydrogens (tertiary/aromatic N) is 1. The summed E-state index contributed by atoms with van der Waals surface area (Å²) >= 11 is 5.95. The van der Waals surface area contributed by atoms with Crippen LogP contribution in [0.5, 0.6) is 0 Å². The van der Waals surface area contributed by atoms with Gasteiger partial charge in [0.1, 0.15) is 0 Å². The lowest BCUT2D eigenvalue weighted by atomic mass is 10.0. The fourth-order valence-corrected chi connectivity index (χ4v) is 4.03. The summed E-state index contributed by atoms with van der Waals surface area (Å²) in [6, 6.07) is 27.8. The molecule has 0 aliphatic rings. The third kappa shape index (κ3) is 4.78. The van der Waals surface area contributed by atoms with Crippen molar-refractivity contribution >= 4 is 45.6 Å². The van der Waals surface area contributed by atoms with Crippen LogP contribution >= 0.6 is 11.6 Å². The summed E-state index contributed by atoms with van der Waals surface area (Å²) in [5.74, 6) is 0.0998.